The number of benzene rings is 2. The van der Waals surface area contributed by atoms with Crippen LogP contribution in [0.3, 0.4) is 0 Å². The van der Waals surface area contributed by atoms with E-state index in [1.165, 1.54) is 0 Å². The largest absolute Gasteiger partial charge is 0.454 e. The number of aliphatic imine (C=N–C) groups is 2. The quantitative estimate of drug-likeness (QED) is 0.822. The van der Waals surface area contributed by atoms with Gasteiger partial charge in [-0.1, -0.05) is 34.1 Å². The van der Waals surface area contributed by atoms with Gasteiger partial charge in [-0.25, -0.2) is 4.99 Å². The van der Waals surface area contributed by atoms with Gasteiger partial charge in [0.05, 0.1) is 0 Å². The van der Waals surface area contributed by atoms with Gasteiger partial charge in [0.2, 0.25) is 6.79 Å². The summed E-state index contributed by atoms with van der Waals surface area (Å²) in [4.78, 5) is 11.8. The smallest absolute Gasteiger partial charge is 0.231 e. The number of nitrogens with two attached hydrogens (primary N) is 1. The summed E-state index contributed by atoms with van der Waals surface area (Å²) in [6.07, 6.45) is 0.968. The molecule has 0 saturated carbocycles. The van der Waals surface area contributed by atoms with Crippen molar-refractivity contribution in [3.8, 4) is 11.5 Å². The number of rotatable bonds is 2. The number of nitrogens with zero attached hydrogens (tertiary/aromatic N) is 3. The zero-order valence-electron chi connectivity index (χ0n) is 14.0. The molecule has 132 valence electrons. The molecule has 3 heterocycles. The van der Waals surface area contributed by atoms with Gasteiger partial charge in [-0.3, -0.25) is 9.89 Å². The first-order chi connectivity index (χ1) is 12.7. The molecule has 3 aliphatic rings. The van der Waals surface area contributed by atoms with Crippen LogP contribution >= 0.6 is 15.9 Å². The number of guanidine groups is 1. The third kappa shape index (κ3) is 2.16. The Labute approximate surface area is 159 Å². The fourth-order valence-electron chi connectivity index (χ4n) is 3.81. The van der Waals surface area contributed by atoms with Crippen molar-refractivity contribution in [1.82, 2.24) is 4.90 Å². The van der Waals surface area contributed by atoms with Crippen LogP contribution in [0.15, 0.2) is 56.9 Å². The minimum atomic E-state index is -0.782. The van der Waals surface area contributed by atoms with Crippen molar-refractivity contribution in [2.45, 2.75) is 12.0 Å². The molecule has 2 N–H and O–H groups in total. The van der Waals surface area contributed by atoms with E-state index in [9.17, 15) is 0 Å². The molecular formula is C19H17BrN4O2. The standard InChI is InChI=1S/C19H17BrN4O2/c20-14-4-1-3-12(9-14)19(13-5-6-15-16(10-13)26-11-25-15)17-22-7-2-8-24(17)18(21)23-19/h1,3-6,9-10H,2,7-8,11H2,(H2,21,23). The van der Waals surface area contributed by atoms with Crippen LogP contribution in [0.2, 0.25) is 0 Å². The van der Waals surface area contributed by atoms with Crippen LogP contribution in [0.4, 0.5) is 0 Å². The van der Waals surface area contributed by atoms with E-state index in [2.05, 4.69) is 28.1 Å². The first-order valence-electron chi connectivity index (χ1n) is 8.52. The normalized spacial score (nSPS) is 23.5. The number of fused-ring (bicyclic) bond motifs is 2. The second kappa shape index (κ2) is 5.74. The zero-order valence-corrected chi connectivity index (χ0v) is 15.6. The number of halogens is 1. The van der Waals surface area contributed by atoms with Crippen LogP contribution < -0.4 is 15.2 Å². The molecule has 0 aromatic heterocycles. The average molecular weight is 413 g/mol. The van der Waals surface area contributed by atoms with Crippen LogP contribution in [-0.2, 0) is 5.54 Å². The van der Waals surface area contributed by atoms with Crippen LogP contribution in [0.5, 0.6) is 11.5 Å². The molecule has 5 rings (SSSR count). The number of ether oxygens (including phenoxy) is 2. The maximum Gasteiger partial charge on any atom is 0.231 e. The van der Waals surface area contributed by atoms with Gasteiger partial charge in [0.15, 0.2) is 23.0 Å². The summed E-state index contributed by atoms with van der Waals surface area (Å²) in [6, 6.07) is 14.1. The Kier molecular flexibility index (Phi) is 3.46. The van der Waals surface area contributed by atoms with Crippen molar-refractivity contribution in [3.05, 3.63) is 58.1 Å². The van der Waals surface area contributed by atoms with E-state index >= 15 is 0 Å². The molecule has 0 fully saturated rings. The highest BCUT2D eigenvalue weighted by Gasteiger charge is 2.49. The lowest BCUT2D eigenvalue weighted by molar-refractivity contribution is 0.174. The Bertz CT molecular complexity index is 958. The van der Waals surface area contributed by atoms with E-state index in [0.717, 1.165) is 52.4 Å². The van der Waals surface area contributed by atoms with Gasteiger partial charge in [-0.15, -0.1) is 0 Å². The van der Waals surface area contributed by atoms with Gasteiger partial charge in [0, 0.05) is 17.6 Å². The molecular weight excluding hydrogens is 396 g/mol. The summed E-state index contributed by atoms with van der Waals surface area (Å²) >= 11 is 3.58. The minimum absolute atomic E-state index is 0.237. The summed E-state index contributed by atoms with van der Waals surface area (Å²) in [5, 5.41) is 0. The van der Waals surface area contributed by atoms with Crippen LogP contribution in [0, 0.1) is 0 Å². The van der Waals surface area contributed by atoms with E-state index in [4.69, 9.17) is 25.2 Å². The zero-order chi connectivity index (χ0) is 17.7. The topological polar surface area (TPSA) is 72.4 Å². The Morgan fingerprint density at radius 3 is 2.81 bits per heavy atom. The molecule has 1 unspecified atom stereocenters. The second-order valence-corrected chi connectivity index (χ2v) is 7.38. The molecule has 2 aromatic rings. The molecule has 26 heavy (non-hydrogen) atoms. The number of amidine groups is 1. The van der Waals surface area contributed by atoms with Crippen molar-refractivity contribution in [3.63, 3.8) is 0 Å². The van der Waals surface area contributed by atoms with E-state index in [-0.39, 0.29) is 6.79 Å². The Morgan fingerprint density at radius 1 is 1.08 bits per heavy atom. The molecule has 2 aromatic carbocycles. The predicted molar refractivity (Wildman–Crippen MR) is 103 cm³/mol. The molecule has 0 radical (unpaired) electrons. The minimum Gasteiger partial charge on any atom is -0.454 e. The van der Waals surface area contributed by atoms with E-state index in [1.807, 2.05) is 35.2 Å². The Hall–Kier alpha value is -2.54. The first-order valence-corrected chi connectivity index (χ1v) is 9.32. The van der Waals surface area contributed by atoms with Gasteiger partial charge in [-0.2, -0.15) is 0 Å². The van der Waals surface area contributed by atoms with Crippen molar-refractivity contribution in [2.24, 2.45) is 15.7 Å². The molecule has 0 bridgehead atoms. The third-order valence-corrected chi connectivity index (χ3v) is 5.47. The van der Waals surface area contributed by atoms with Crippen molar-refractivity contribution in [2.75, 3.05) is 19.9 Å². The molecule has 0 aliphatic carbocycles. The number of hydrogen-bond acceptors (Lipinski definition) is 6. The maximum absolute atomic E-state index is 6.32. The van der Waals surface area contributed by atoms with Gasteiger partial charge < -0.3 is 15.2 Å². The van der Waals surface area contributed by atoms with Crippen LogP contribution in [0.25, 0.3) is 0 Å². The summed E-state index contributed by atoms with van der Waals surface area (Å²) in [5.74, 6) is 2.84. The van der Waals surface area contributed by atoms with Gasteiger partial charge >= 0.3 is 0 Å². The lowest BCUT2D eigenvalue weighted by Crippen LogP contribution is -2.46. The molecule has 1 atom stereocenters. The summed E-state index contributed by atoms with van der Waals surface area (Å²) in [6.45, 7) is 1.84. The fourth-order valence-corrected chi connectivity index (χ4v) is 4.21. The van der Waals surface area contributed by atoms with Gasteiger partial charge in [-0.05, 0) is 41.8 Å². The monoisotopic (exact) mass is 412 g/mol. The highest BCUT2D eigenvalue weighted by atomic mass is 79.9. The molecule has 6 nitrogen and oxygen atoms in total. The molecule has 0 saturated heterocycles. The summed E-state index contributed by atoms with van der Waals surface area (Å²) < 4.78 is 12.1. The van der Waals surface area contributed by atoms with Crippen molar-refractivity contribution >= 4 is 27.7 Å². The second-order valence-electron chi connectivity index (χ2n) is 6.47. The summed E-state index contributed by atoms with van der Waals surface area (Å²) in [5.41, 5.74) is 7.51. The van der Waals surface area contributed by atoms with Crippen LogP contribution in [0.1, 0.15) is 17.5 Å². The molecule has 3 aliphatic heterocycles. The van der Waals surface area contributed by atoms with Crippen LogP contribution in [-0.4, -0.2) is 36.6 Å². The Morgan fingerprint density at radius 2 is 1.92 bits per heavy atom. The first kappa shape index (κ1) is 15.7. The number of hydrogen-bond donors (Lipinski definition) is 1. The average Bonchev–Trinajstić information content (AvgIpc) is 3.25. The lowest BCUT2D eigenvalue weighted by Gasteiger charge is -2.33. The fraction of sp³-hybridized carbons (Fsp3) is 0.263. The van der Waals surface area contributed by atoms with Crippen molar-refractivity contribution in [1.29, 1.82) is 0 Å². The van der Waals surface area contributed by atoms with Gasteiger partial charge in [0.1, 0.15) is 5.84 Å². The highest BCUT2D eigenvalue weighted by molar-refractivity contribution is 9.10. The maximum atomic E-state index is 6.32. The summed E-state index contributed by atoms with van der Waals surface area (Å²) in [7, 11) is 0. The lowest BCUT2D eigenvalue weighted by atomic mass is 9.82. The molecule has 7 heteroatoms. The third-order valence-electron chi connectivity index (χ3n) is 4.97. The van der Waals surface area contributed by atoms with Gasteiger partial charge in [0.25, 0.3) is 0 Å². The molecule has 0 spiro atoms. The Balaban J connectivity index is 1.78. The highest BCUT2D eigenvalue weighted by Crippen LogP contribution is 2.45. The molecule has 0 amide bonds. The van der Waals surface area contributed by atoms with E-state index < -0.39 is 5.54 Å². The SMILES string of the molecule is NC1=NC(c2cccc(Br)c2)(c2ccc3c(c2)OCO3)C2=NCCCN12. The van der Waals surface area contributed by atoms with E-state index in [1.54, 1.807) is 0 Å². The van der Waals surface area contributed by atoms with E-state index in [0.29, 0.717) is 5.96 Å². The van der Waals surface area contributed by atoms with Crippen molar-refractivity contribution < 1.29 is 9.47 Å². The predicted octanol–water partition coefficient (Wildman–Crippen LogP) is 2.85.